The molecule has 1 aliphatic rings. The van der Waals surface area contributed by atoms with Crippen molar-refractivity contribution in [3.63, 3.8) is 0 Å². The maximum atomic E-state index is 11.0. The topological polar surface area (TPSA) is 92.5 Å². The van der Waals surface area contributed by atoms with E-state index in [4.69, 9.17) is 28.3 Å². The maximum Gasteiger partial charge on any atom is 0.305 e. The number of carboxylic acids is 1. The van der Waals surface area contributed by atoms with Gasteiger partial charge in [-0.2, -0.15) is 0 Å². The fraction of sp³-hybridized carbons (Fsp3) is 0.417. The fourth-order valence-electron chi connectivity index (χ4n) is 2.03. The molecule has 0 aromatic heterocycles. The molecule has 1 atom stereocenters. The van der Waals surface area contributed by atoms with Gasteiger partial charge in [-0.1, -0.05) is 23.2 Å². The van der Waals surface area contributed by atoms with Gasteiger partial charge in [0.1, 0.15) is 5.69 Å². The first-order chi connectivity index (χ1) is 9.38. The standard InChI is InChI=1S/C12H12Cl2N2O4/c13-7-3-10(11(16(19)20)4-8(7)14)15-9(5-12(17)18)6-1-2-6/h3-4,6,9,15H,1-2,5H2,(H,17,18). The lowest BCUT2D eigenvalue weighted by Gasteiger charge is -2.18. The third-order valence-corrected chi connectivity index (χ3v) is 3.88. The molecule has 6 nitrogen and oxygen atoms in total. The number of rotatable bonds is 6. The average molecular weight is 319 g/mol. The number of nitro benzene ring substituents is 1. The minimum absolute atomic E-state index is 0.0881. The van der Waals surface area contributed by atoms with Crippen molar-refractivity contribution in [1.82, 2.24) is 0 Å². The number of hydrogen-bond acceptors (Lipinski definition) is 4. The van der Waals surface area contributed by atoms with Gasteiger partial charge in [0.05, 0.1) is 21.4 Å². The van der Waals surface area contributed by atoms with E-state index in [1.54, 1.807) is 0 Å². The number of aliphatic carboxylic acids is 1. The zero-order chi connectivity index (χ0) is 14.9. The van der Waals surface area contributed by atoms with Gasteiger partial charge < -0.3 is 10.4 Å². The van der Waals surface area contributed by atoms with Crippen molar-refractivity contribution in [3.05, 3.63) is 32.3 Å². The summed E-state index contributed by atoms with van der Waals surface area (Å²) >= 11 is 11.6. The van der Waals surface area contributed by atoms with Crippen LogP contribution in [0.5, 0.6) is 0 Å². The van der Waals surface area contributed by atoms with Crippen LogP contribution >= 0.6 is 23.2 Å². The monoisotopic (exact) mass is 318 g/mol. The molecule has 0 heterocycles. The predicted octanol–water partition coefficient (Wildman–Crippen LogP) is 3.57. The highest BCUT2D eigenvalue weighted by molar-refractivity contribution is 6.42. The lowest BCUT2D eigenvalue weighted by molar-refractivity contribution is -0.384. The highest BCUT2D eigenvalue weighted by Crippen LogP contribution is 2.39. The van der Waals surface area contributed by atoms with Crippen LogP contribution in [0.3, 0.4) is 0 Å². The fourth-order valence-corrected chi connectivity index (χ4v) is 2.35. The quantitative estimate of drug-likeness (QED) is 0.618. The van der Waals surface area contributed by atoms with Gasteiger partial charge in [0.2, 0.25) is 0 Å². The molecule has 108 valence electrons. The predicted molar refractivity (Wildman–Crippen MR) is 75.5 cm³/mol. The van der Waals surface area contributed by atoms with E-state index < -0.39 is 10.9 Å². The first kappa shape index (κ1) is 14.9. The summed E-state index contributed by atoms with van der Waals surface area (Å²) in [5.74, 6) is -0.725. The van der Waals surface area contributed by atoms with Crippen LogP contribution in [0.1, 0.15) is 19.3 Å². The lowest BCUT2D eigenvalue weighted by atomic mass is 10.1. The zero-order valence-electron chi connectivity index (χ0n) is 10.3. The molecule has 0 aliphatic heterocycles. The van der Waals surface area contributed by atoms with E-state index in [0.29, 0.717) is 0 Å². The molecular formula is C12H12Cl2N2O4. The van der Waals surface area contributed by atoms with E-state index in [2.05, 4.69) is 5.32 Å². The van der Waals surface area contributed by atoms with E-state index in [1.165, 1.54) is 6.07 Å². The van der Waals surface area contributed by atoms with E-state index in [1.807, 2.05) is 0 Å². The van der Waals surface area contributed by atoms with E-state index in [9.17, 15) is 14.9 Å². The smallest absolute Gasteiger partial charge is 0.305 e. The molecule has 0 amide bonds. The SMILES string of the molecule is O=C(O)CC(Nc1cc(Cl)c(Cl)cc1[N+](=O)[O-])C1CC1. The third-order valence-electron chi connectivity index (χ3n) is 3.16. The molecule has 1 aromatic rings. The molecule has 2 rings (SSSR count). The lowest BCUT2D eigenvalue weighted by Crippen LogP contribution is -2.25. The number of nitrogens with zero attached hydrogens (tertiary/aromatic N) is 1. The van der Waals surface area contributed by atoms with E-state index >= 15 is 0 Å². The number of nitro groups is 1. The molecule has 0 spiro atoms. The number of hydrogen-bond donors (Lipinski definition) is 2. The Hall–Kier alpha value is -1.53. The van der Waals surface area contributed by atoms with Crippen molar-refractivity contribution in [2.75, 3.05) is 5.32 Å². The minimum Gasteiger partial charge on any atom is -0.481 e. The molecule has 1 aromatic carbocycles. The van der Waals surface area contributed by atoms with Crippen molar-refractivity contribution in [1.29, 1.82) is 0 Å². The van der Waals surface area contributed by atoms with Crippen LogP contribution in [0.4, 0.5) is 11.4 Å². The number of anilines is 1. The van der Waals surface area contributed by atoms with Crippen molar-refractivity contribution >= 4 is 40.5 Å². The Kier molecular flexibility index (Phi) is 4.35. The first-order valence-electron chi connectivity index (χ1n) is 6.00. The van der Waals surface area contributed by atoms with E-state index in [-0.39, 0.29) is 39.8 Å². The van der Waals surface area contributed by atoms with Gasteiger partial charge in [-0.05, 0) is 24.8 Å². The van der Waals surface area contributed by atoms with Crippen LogP contribution in [0.25, 0.3) is 0 Å². The highest BCUT2D eigenvalue weighted by Gasteiger charge is 2.34. The Morgan fingerprint density at radius 1 is 1.45 bits per heavy atom. The molecule has 1 unspecified atom stereocenters. The molecule has 1 saturated carbocycles. The minimum atomic E-state index is -0.947. The highest BCUT2D eigenvalue weighted by atomic mass is 35.5. The van der Waals surface area contributed by atoms with Crippen LogP contribution in [-0.2, 0) is 4.79 Å². The Morgan fingerprint density at radius 3 is 2.55 bits per heavy atom. The summed E-state index contributed by atoms with van der Waals surface area (Å²) in [7, 11) is 0. The van der Waals surface area contributed by atoms with Gasteiger partial charge in [-0.25, -0.2) is 0 Å². The molecule has 8 heteroatoms. The van der Waals surface area contributed by atoms with Crippen LogP contribution < -0.4 is 5.32 Å². The molecule has 0 radical (unpaired) electrons. The summed E-state index contributed by atoms with van der Waals surface area (Å²) in [6, 6.07) is 2.18. The van der Waals surface area contributed by atoms with Gasteiger partial charge in [0.15, 0.2) is 0 Å². The first-order valence-corrected chi connectivity index (χ1v) is 6.76. The van der Waals surface area contributed by atoms with Gasteiger partial charge in [-0.15, -0.1) is 0 Å². The maximum absolute atomic E-state index is 11.0. The Balaban J connectivity index is 2.28. The molecule has 0 saturated heterocycles. The summed E-state index contributed by atoms with van der Waals surface area (Å²) in [5, 5.41) is 23.1. The number of nitrogens with one attached hydrogen (secondary N) is 1. The summed E-state index contributed by atoms with van der Waals surface area (Å²) < 4.78 is 0. The van der Waals surface area contributed by atoms with Crippen LogP contribution in [0, 0.1) is 16.0 Å². The molecule has 1 aliphatic carbocycles. The molecule has 20 heavy (non-hydrogen) atoms. The van der Waals surface area contributed by atoms with Crippen LogP contribution in [-0.4, -0.2) is 22.0 Å². The van der Waals surface area contributed by atoms with Crippen molar-refractivity contribution < 1.29 is 14.8 Å². The normalized spacial score (nSPS) is 15.7. The largest absolute Gasteiger partial charge is 0.481 e. The van der Waals surface area contributed by atoms with Crippen molar-refractivity contribution in [3.8, 4) is 0 Å². The summed E-state index contributed by atoms with van der Waals surface area (Å²) in [6.45, 7) is 0. The van der Waals surface area contributed by atoms with Crippen LogP contribution in [0.2, 0.25) is 10.0 Å². The molecular weight excluding hydrogens is 307 g/mol. The molecule has 1 fully saturated rings. The average Bonchev–Trinajstić information content (AvgIpc) is 3.15. The van der Waals surface area contributed by atoms with Gasteiger partial charge in [0, 0.05) is 12.1 Å². The van der Waals surface area contributed by atoms with Crippen molar-refractivity contribution in [2.24, 2.45) is 5.92 Å². The summed E-state index contributed by atoms with van der Waals surface area (Å²) in [6.07, 6.45) is 1.74. The van der Waals surface area contributed by atoms with Gasteiger partial charge in [0.25, 0.3) is 5.69 Å². The molecule has 0 bridgehead atoms. The second-order valence-corrected chi connectivity index (χ2v) is 5.54. The Labute approximate surface area is 124 Å². The Morgan fingerprint density at radius 2 is 2.05 bits per heavy atom. The number of halogens is 2. The summed E-state index contributed by atoms with van der Waals surface area (Å²) in [5.41, 5.74) is -0.0158. The van der Waals surface area contributed by atoms with Gasteiger partial charge in [-0.3, -0.25) is 14.9 Å². The van der Waals surface area contributed by atoms with Crippen molar-refractivity contribution in [2.45, 2.75) is 25.3 Å². The van der Waals surface area contributed by atoms with Gasteiger partial charge >= 0.3 is 5.97 Å². The Bertz CT molecular complexity index is 561. The molecule has 2 N–H and O–H groups in total. The van der Waals surface area contributed by atoms with Crippen LogP contribution in [0.15, 0.2) is 12.1 Å². The number of benzene rings is 1. The second kappa shape index (κ2) is 5.85. The third kappa shape index (κ3) is 3.52. The zero-order valence-corrected chi connectivity index (χ0v) is 11.8. The number of carbonyl (C=O) groups is 1. The number of carboxylic acid groups (broad SMARTS) is 1. The summed E-state index contributed by atoms with van der Waals surface area (Å²) in [4.78, 5) is 21.3. The second-order valence-electron chi connectivity index (χ2n) is 4.73. The van der Waals surface area contributed by atoms with E-state index in [0.717, 1.165) is 18.9 Å².